The lowest BCUT2D eigenvalue weighted by Gasteiger charge is -2.48. The molecule has 6 heteroatoms. The van der Waals surface area contributed by atoms with Crippen LogP contribution in [0.5, 0.6) is 0 Å². The molecule has 15 rings (SSSR count). The van der Waals surface area contributed by atoms with Gasteiger partial charge in [0, 0.05) is 81.5 Å². The second-order valence-corrected chi connectivity index (χ2v) is 25.4. The van der Waals surface area contributed by atoms with Crippen molar-refractivity contribution in [2.45, 2.75) is 91.2 Å². The average Bonchev–Trinajstić information content (AvgIpc) is 2.02. The zero-order valence-electron chi connectivity index (χ0n) is 47.6. The maximum Gasteiger partial charge on any atom is 0.333 e. The first kappa shape index (κ1) is 51.5. The summed E-state index contributed by atoms with van der Waals surface area (Å²) in [5.74, 6) is 0. The Bertz CT molecular complexity index is 4290. The van der Waals surface area contributed by atoms with Gasteiger partial charge in [0.05, 0.1) is 5.69 Å². The van der Waals surface area contributed by atoms with Crippen molar-refractivity contribution in [2.24, 2.45) is 0 Å². The number of unbranched alkanes of at least 4 members (excludes halogenated alkanes) is 2. The monoisotopic (exact) mass is 1110 g/mol. The standard InChI is InChI=1S/C77H64BN3S2/c1-5-7-24-51-38-41-56(42-39-51)79(55-30-16-11-17-31-55)57-43-45-67-62(47-57)74-75-61(59-33-18-20-34-63(59)77(75,3)4)48-69-76(74)78(81(67)66-35-21-19-32-58(66)53-26-12-9-13-27-53)64-49-72-73(83-71-37-23-22-36-70(71)82-72)50-68(64)80(69)65-44-40-52(25-8-6-2)46-60(65)54-28-14-10-15-29-54/h9-23,26-50H,5-8,24-25H2,1-4H3. The van der Waals surface area contributed by atoms with E-state index in [0.717, 1.165) is 42.7 Å². The Morgan fingerprint density at radius 3 is 1.67 bits per heavy atom. The van der Waals surface area contributed by atoms with E-state index >= 15 is 0 Å². The van der Waals surface area contributed by atoms with E-state index in [1.54, 1.807) is 0 Å². The smallest absolute Gasteiger partial charge is 0.333 e. The molecule has 0 saturated heterocycles. The summed E-state index contributed by atoms with van der Waals surface area (Å²) in [4.78, 5) is 13.1. The van der Waals surface area contributed by atoms with Gasteiger partial charge < -0.3 is 14.6 Å². The fourth-order valence-electron chi connectivity index (χ4n) is 13.9. The highest BCUT2D eigenvalue weighted by Crippen LogP contribution is 2.60. The van der Waals surface area contributed by atoms with E-state index in [2.05, 4.69) is 285 Å². The summed E-state index contributed by atoms with van der Waals surface area (Å²) in [5, 5.41) is 0. The third-order valence-electron chi connectivity index (χ3n) is 17.8. The summed E-state index contributed by atoms with van der Waals surface area (Å²) in [6.07, 6.45) is 6.76. The Morgan fingerprint density at radius 2 is 0.964 bits per heavy atom. The summed E-state index contributed by atoms with van der Waals surface area (Å²) in [6.45, 7) is 9.31. The van der Waals surface area contributed by atoms with Gasteiger partial charge in [-0.2, -0.15) is 0 Å². The molecule has 0 fully saturated rings. The Morgan fingerprint density at radius 1 is 0.410 bits per heavy atom. The van der Waals surface area contributed by atoms with Crippen molar-refractivity contribution < 1.29 is 0 Å². The van der Waals surface area contributed by atoms with Crippen LogP contribution in [0.1, 0.15) is 75.6 Å². The van der Waals surface area contributed by atoms with E-state index < -0.39 is 0 Å². The number of fused-ring (bicyclic) bond motifs is 10. The first-order chi connectivity index (χ1) is 40.9. The van der Waals surface area contributed by atoms with Crippen LogP contribution >= 0.6 is 23.5 Å². The van der Waals surface area contributed by atoms with Gasteiger partial charge in [0.2, 0.25) is 0 Å². The molecular weight excluding hydrogens is 1040 g/mol. The zero-order chi connectivity index (χ0) is 55.8. The molecule has 3 heterocycles. The van der Waals surface area contributed by atoms with Crippen molar-refractivity contribution >= 4 is 86.8 Å². The molecule has 0 unspecified atom stereocenters. The maximum absolute atomic E-state index is 2.74. The van der Waals surface area contributed by atoms with Crippen LogP contribution in [0.3, 0.4) is 0 Å². The lowest BCUT2D eigenvalue weighted by molar-refractivity contribution is 0.662. The molecule has 0 amide bonds. The molecule has 11 aromatic rings. The van der Waals surface area contributed by atoms with Crippen molar-refractivity contribution in [3.63, 3.8) is 0 Å². The van der Waals surface area contributed by atoms with Crippen molar-refractivity contribution in [1.29, 1.82) is 0 Å². The molecule has 0 atom stereocenters. The normalized spacial score (nSPS) is 13.8. The van der Waals surface area contributed by atoms with Crippen LogP contribution in [0.4, 0.5) is 45.5 Å². The second kappa shape index (κ2) is 21.1. The topological polar surface area (TPSA) is 9.72 Å². The van der Waals surface area contributed by atoms with Crippen LogP contribution in [0.15, 0.2) is 262 Å². The Labute approximate surface area is 498 Å². The van der Waals surface area contributed by atoms with Crippen LogP contribution < -0.4 is 25.5 Å². The predicted molar refractivity (Wildman–Crippen MR) is 355 cm³/mol. The molecule has 0 N–H and O–H groups in total. The molecule has 3 aliphatic heterocycles. The van der Waals surface area contributed by atoms with Crippen LogP contribution in [-0.2, 0) is 18.3 Å². The number of anilines is 8. The first-order valence-electron chi connectivity index (χ1n) is 29.8. The molecule has 0 aromatic heterocycles. The summed E-state index contributed by atoms with van der Waals surface area (Å²) < 4.78 is 0. The van der Waals surface area contributed by atoms with Gasteiger partial charge in [-0.15, -0.1) is 0 Å². The summed E-state index contributed by atoms with van der Waals surface area (Å²) in [6, 6.07) is 92.4. The Balaban J connectivity index is 1.08. The molecular formula is C77H64BN3S2. The van der Waals surface area contributed by atoms with Crippen LogP contribution in [0.25, 0.3) is 44.5 Å². The molecule has 83 heavy (non-hydrogen) atoms. The van der Waals surface area contributed by atoms with Gasteiger partial charge >= 0.3 is 6.85 Å². The molecule has 0 bridgehead atoms. The molecule has 0 saturated carbocycles. The van der Waals surface area contributed by atoms with Gasteiger partial charge in [-0.1, -0.05) is 216 Å². The minimum absolute atomic E-state index is 0.225. The van der Waals surface area contributed by atoms with E-state index in [-0.39, 0.29) is 12.3 Å². The molecule has 0 radical (unpaired) electrons. The fourth-order valence-corrected chi connectivity index (χ4v) is 16.2. The van der Waals surface area contributed by atoms with Gasteiger partial charge in [0.1, 0.15) is 0 Å². The van der Waals surface area contributed by atoms with Crippen molar-refractivity contribution in [3.05, 3.63) is 265 Å². The van der Waals surface area contributed by atoms with Crippen LogP contribution in [-0.4, -0.2) is 6.85 Å². The van der Waals surface area contributed by atoms with E-state index in [9.17, 15) is 0 Å². The van der Waals surface area contributed by atoms with Crippen molar-refractivity contribution in [2.75, 3.05) is 14.6 Å². The third kappa shape index (κ3) is 8.67. The number of aryl methyl sites for hydroxylation is 2. The van der Waals surface area contributed by atoms with E-state index in [1.807, 2.05) is 23.5 Å². The number of hydrogen-bond acceptors (Lipinski definition) is 5. The molecule has 402 valence electrons. The average molecular weight is 1110 g/mol. The molecule has 0 spiro atoms. The van der Waals surface area contributed by atoms with Crippen LogP contribution in [0, 0.1) is 0 Å². The molecule has 3 nitrogen and oxygen atoms in total. The number of benzene rings is 11. The summed E-state index contributed by atoms with van der Waals surface area (Å²) in [5.41, 5.74) is 27.2. The van der Waals surface area contributed by atoms with E-state index in [0.29, 0.717) is 0 Å². The quantitative estimate of drug-likeness (QED) is 0.106. The summed E-state index contributed by atoms with van der Waals surface area (Å²) >= 11 is 3.82. The van der Waals surface area contributed by atoms with Gasteiger partial charge in [0.25, 0.3) is 0 Å². The first-order valence-corrected chi connectivity index (χ1v) is 31.4. The van der Waals surface area contributed by atoms with Crippen molar-refractivity contribution in [1.82, 2.24) is 0 Å². The second-order valence-electron chi connectivity index (χ2n) is 23.2. The Hall–Kier alpha value is -8.42. The number of para-hydroxylation sites is 2. The minimum atomic E-state index is -0.334. The zero-order valence-corrected chi connectivity index (χ0v) is 49.2. The largest absolute Gasteiger partial charge is 0.376 e. The number of hydrogen-bond donors (Lipinski definition) is 0. The van der Waals surface area contributed by atoms with Gasteiger partial charge in [0.15, 0.2) is 0 Å². The highest BCUT2D eigenvalue weighted by atomic mass is 32.2. The van der Waals surface area contributed by atoms with Crippen LogP contribution in [0.2, 0.25) is 0 Å². The lowest BCUT2D eigenvalue weighted by Crippen LogP contribution is -2.62. The highest BCUT2D eigenvalue weighted by molar-refractivity contribution is 8.05. The SMILES string of the molecule is CCCCc1ccc(N(c2ccccc2)c2ccc3c(c2)-c2c4c(cc5c2C(C)(C)c2ccccc2-5)N(c2ccc(CCCC)cc2-c2ccccc2)c2cc5c(cc2B4N3c2ccccc2-c2ccccc2)Sc2ccccc2S5)cc1. The van der Waals surface area contributed by atoms with Crippen molar-refractivity contribution in [3.8, 4) is 44.5 Å². The number of nitrogens with zero attached hydrogens (tertiary/aromatic N) is 3. The molecule has 11 aromatic carbocycles. The number of rotatable bonds is 13. The van der Waals surface area contributed by atoms with Gasteiger partial charge in [-0.05, 0) is 178 Å². The highest BCUT2D eigenvalue weighted by Gasteiger charge is 2.51. The Kier molecular flexibility index (Phi) is 13.1. The van der Waals surface area contributed by atoms with Gasteiger partial charge in [-0.3, -0.25) is 0 Å². The summed E-state index contributed by atoms with van der Waals surface area (Å²) in [7, 11) is 0. The van der Waals surface area contributed by atoms with Gasteiger partial charge in [-0.25, -0.2) is 0 Å². The minimum Gasteiger partial charge on any atom is -0.376 e. The molecule has 4 aliphatic rings. The predicted octanol–water partition coefficient (Wildman–Crippen LogP) is 20.8. The lowest BCUT2D eigenvalue weighted by atomic mass is 9.42. The fraction of sp³-hybridized carbons (Fsp3) is 0.143. The molecule has 1 aliphatic carbocycles. The third-order valence-corrected chi connectivity index (χ3v) is 20.3. The van der Waals surface area contributed by atoms with E-state index in [4.69, 9.17) is 0 Å². The van der Waals surface area contributed by atoms with E-state index in [1.165, 1.54) is 139 Å². The maximum atomic E-state index is 2.74.